The summed E-state index contributed by atoms with van der Waals surface area (Å²) in [5.74, 6) is -3.54. The Morgan fingerprint density at radius 2 is 0.886 bits per heavy atom. The van der Waals surface area contributed by atoms with Crippen LogP contribution in [0.1, 0.15) is 124 Å². The van der Waals surface area contributed by atoms with E-state index in [2.05, 4.69) is 19.1 Å². The normalized spacial score (nSPS) is 16.0. The number of allylic oxidation sites excluding steroid dienone is 2. The molecule has 0 aliphatic carbocycles. The van der Waals surface area contributed by atoms with E-state index in [-0.39, 0.29) is 6.54 Å². The Labute approximate surface area is 213 Å². The summed E-state index contributed by atoms with van der Waals surface area (Å²) >= 11 is 0. The molecule has 0 heterocycles. The van der Waals surface area contributed by atoms with E-state index in [1.54, 1.807) is 0 Å². The molecule has 0 amide bonds. The first-order valence-electron chi connectivity index (χ1n) is 13.8. The molecule has 0 rings (SSSR count). The van der Waals surface area contributed by atoms with Crippen LogP contribution in [0.3, 0.4) is 0 Å². The van der Waals surface area contributed by atoms with Crippen LogP contribution in [-0.4, -0.2) is 62.4 Å². The Hall–Kier alpha value is -1.89. The molecule has 3 N–H and O–H groups in total. The van der Waals surface area contributed by atoms with Gasteiger partial charge in [0.05, 0.1) is 6.54 Å². The van der Waals surface area contributed by atoms with E-state index in [0.29, 0.717) is 6.42 Å². The number of carboxylic acids is 3. The van der Waals surface area contributed by atoms with Crippen molar-refractivity contribution in [1.29, 1.82) is 0 Å². The van der Waals surface area contributed by atoms with E-state index in [1.807, 2.05) is 0 Å². The van der Waals surface area contributed by atoms with Crippen LogP contribution >= 0.6 is 0 Å². The van der Waals surface area contributed by atoms with Crippen molar-refractivity contribution in [3.63, 3.8) is 0 Å². The van der Waals surface area contributed by atoms with Crippen molar-refractivity contribution in [2.45, 2.75) is 142 Å². The molecule has 0 bridgehead atoms. The molecule has 0 aromatic rings. The summed E-state index contributed by atoms with van der Waals surface area (Å²) in [4.78, 5) is 35.3. The molecule has 204 valence electrons. The first-order chi connectivity index (χ1) is 16.6. The van der Waals surface area contributed by atoms with Crippen LogP contribution in [0.25, 0.3) is 0 Å². The Balaban J connectivity index is 4.34. The molecule has 7 nitrogen and oxygen atoms in total. The Morgan fingerprint density at radius 3 is 1.23 bits per heavy atom. The van der Waals surface area contributed by atoms with Crippen molar-refractivity contribution in [1.82, 2.24) is 0 Å². The standard InChI is InChI=1S/C28H51NO6/c1-5-6-7-8-9-10-11-12-13-14-15-16-17-18-19-20-21-22-29(23(2)26(30)31,24(3)27(32)33)25(4)28(34)35/h16-17,23-25H,5-15,18-22H2,1-4H3,(H2-,30,31,32,33,34,35)/p+1/b17-16+. The van der Waals surface area contributed by atoms with Gasteiger partial charge < -0.3 is 15.3 Å². The van der Waals surface area contributed by atoms with E-state index in [0.717, 1.165) is 25.7 Å². The van der Waals surface area contributed by atoms with E-state index < -0.39 is 40.5 Å². The predicted molar refractivity (Wildman–Crippen MR) is 140 cm³/mol. The minimum Gasteiger partial charge on any atom is -0.477 e. The molecular weight excluding hydrogens is 446 g/mol. The fourth-order valence-electron chi connectivity index (χ4n) is 5.01. The van der Waals surface area contributed by atoms with E-state index >= 15 is 0 Å². The van der Waals surface area contributed by atoms with Gasteiger partial charge in [0.2, 0.25) is 0 Å². The fraction of sp³-hybridized carbons (Fsp3) is 0.821. The number of aliphatic carboxylic acids is 3. The highest BCUT2D eigenvalue weighted by Crippen LogP contribution is 2.27. The Morgan fingerprint density at radius 1 is 0.571 bits per heavy atom. The third kappa shape index (κ3) is 12.6. The zero-order valence-corrected chi connectivity index (χ0v) is 22.7. The predicted octanol–water partition coefficient (Wildman–Crippen LogP) is 6.65. The summed E-state index contributed by atoms with van der Waals surface area (Å²) < 4.78 is -0.491. The van der Waals surface area contributed by atoms with Crippen molar-refractivity contribution in [3.8, 4) is 0 Å². The van der Waals surface area contributed by atoms with Crippen LogP contribution < -0.4 is 0 Å². The molecule has 35 heavy (non-hydrogen) atoms. The van der Waals surface area contributed by atoms with E-state index in [4.69, 9.17) is 0 Å². The van der Waals surface area contributed by atoms with Crippen molar-refractivity contribution in [2.24, 2.45) is 0 Å². The minimum atomic E-state index is -1.18. The van der Waals surface area contributed by atoms with Crippen LogP contribution in [0.4, 0.5) is 0 Å². The average molecular weight is 499 g/mol. The summed E-state index contributed by atoms with van der Waals surface area (Å²) in [7, 11) is 0. The lowest BCUT2D eigenvalue weighted by Gasteiger charge is -2.47. The number of nitrogens with zero attached hydrogens (tertiary/aromatic N) is 1. The molecule has 0 radical (unpaired) electrons. The molecule has 0 aromatic carbocycles. The summed E-state index contributed by atoms with van der Waals surface area (Å²) in [6.07, 6.45) is 22.1. The molecular formula is C28H52NO6+. The number of quaternary nitrogens is 1. The van der Waals surface area contributed by atoms with Crippen molar-refractivity contribution in [3.05, 3.63) is 12.2 Å². The van der Waals surface area contributed by atoms with E-state index in [9.17, 15) is 29.7 Å². The van der Waals surface area contributed by atoms with Gasteiger partial charge in [-0.25, -0.2) is 14.4 Å². The molecule has 3 atom stereocenters. The largest absolute Gasteiger partial charge is 0.477 e. The first-order valence-corrected chi connectivity index (χ1v) is 13.8. The molecule has 0 saturated heterocycles. The minimum absolute atomic E-state index is 0.205. The van der Waals surface area contributed by atoms with Gasteiger partial charge in [0.15, 0.2) is 18.1 Å². The molecule has 7 heteroatoms. The summed E-state index contributed by atoms with van der Waals surface area (Å²) in [5, 5.41) is 28.8. The van der Waals surface area contributed by atoms with Gasteiger partial charge in [-0.3, -0.25) is 4.48 Å². The first kappa shape index (κ1) is 33.1. The monoisotopic (exact) mass is 498 g/mol. The lowest BCUT2D eigenvalue weighted by molar-refractivity contribution is -0.968. The average Bonchev–Trinajstić information content (AvgIpc) is 2.82. The van der Waals surface area contributed by atoms with Crippen LogP contribution in [-0.2, 0) is 14.4 Å². The third-order valence-electron chi connectivity index (χ3n) is 7.54. The third-order valence-corrected chi connectivity index (χ3v) is 7.54. The van der Waals surface area contributed by atoms with Gasteiger partial charge in [-0.2, -0.15) is 0 Å². The number of hydrogen-bond acceptors (Lipinski definition) is 3. The number of carboxylic acid groups (broad SMARTS) is 3. The molecule has 3 unspecified atom stereocenters. The van der Waals surface area contributed by atoms with Crippen LogP contribution in [0.5, 0.6) is 0 Å². The maximum Gasteiger partial charge on any atom is 0.362 e. The Kier molecular flexibility index (Phi) is 18.3. The Bertz CT molecular complexity index is 583. The van der Waals surface area contributed by atoms with Gasteiger partial charge in [0.25, 0.3) is 0 Å². The zero-order chi connectivity index (χ0) is 26.7. The summed E-state index contributed by atoms with van der Waals surface area (Å²) in [6, 6.07) is -3.39. The lowest BCUT2D eigenvalue weighted by atomic mass is 10.00. The van der Waals surface area contributed by atoms with Gasteiger partial charge in [-0.15, -0.1) is 0 Å². The summed E-state index contributed by atoms with van der Waals surface area (Å²) in [6.45, 7) is 6.70. The second-order valence-electron chi connectivity index (χ2n) is 10.1. The van der Waals surface area contributed by atoms with Gasteiger partial charge in [-0.05, 0) is 59.3 Å². The molecule has 0 aliphatic heterocycles. The molecule has 0 aromatic heterocycles. The fourth-order valence-corrected chi connectivity index (χ4v) is 5.01. The lowest BCUT2D eigenvalue weighted by Crippen LogP contribution is -2.70. The zero-order valence-electron chi connectivity index (χ0n) is 22.7. The quantitative estimate of drug-likeness (QED) is 0.0826. The molecule has 0 aliphatic rings. The maximum absolute atomic E-state index is 11.8. The second-order valence-corrected chi connectivity index (χ2v) is 10.1. The SMILES string of the molecule is CCCCCCCCCCCC/C=C/CCCCC[N+](C(C)C(=O)O)(C(C)C(=O)O)C(C)C(=O)O. The topological polar surface area (TPSA) is 112 Å². The molecule has 0 fully saturated rings. The highest BCUT2D eigenvalue weighted by atomic mass is 16.4. The van der Waals surface area contributed by atoms with Crippen molar-refractivity contribution >= 4 is 17.9 Å². The van der Waals surface area contributed by atoms with Gasteiger partial charge in [-0.1, -0.05) is 76.9 Å². The van der Waals surface area contributed by atoms with Crippen molar-refractivity contribution < 1.29 is 34.2 Å². The highest BCUT2D eigenvalue weighted by molar-refractivity contribution is 5.77. The number of rotatable bonds is 23. The van der Waals surface area contributed by atoms with Crippen molar-refractivity contribution in [2.75, 3.05) is 6.54 Å². The van der Waals surface area contributed by atoms with Crippen LogP contribution in [0.2, 0.25) is 0 Å². The van der Waals surface area contributed by atoms with E-state index in [1.165, 1.54) is 85.0 Å². The van der Waals surface area contributed by atoms with Gasteiger partial charge in [0, 0.05) is 0 Å². The van der Waals surface area contributed by atoms with Gasteiger partial charge in [0.1, 0.15) is 0 Å². The second kappa shape index (κ2) is 19.3. The summed E-state index contributed by atoms with van der Waals surface area (Å²) in [5.41, 5.74) is 0. The number of hydrogen-bond donors (Lipinski definition) is 3. The van der Waals surface area contributed by atoms with Crippen LogP contribution in [0, 0.1) is 0 Å². The highest BCUT2D eigenvalue weighted by Gasteiger charge is 2.52. The smallest absolute Gasteiger partial charge is 0.362 e. The number of carbonyl (C=O) groups is 3. The number of unbranched alkanes of at least 4 members (excludes halogenated alkanes) is 13. The van der Waals surface area contributed by atoms with Gasteiger partial charge >= 0.3 is 17.9 Å². The molecule has 0 saturated carbocycles. The van der Waals surface area contributed by atoms with Crippen LogP contribution in [0.15, 0.2) is 12.2 Å². The maximum atomic E-state index is 11.8. The molecule has 0 spiro atoms.